The molecule has 2 aliphatic rings. The summed E-state index contributed by atoms with van der Waals surface area (Å²) in [5, 5.41) is 0. The first-order valence-electron chi connectivity index (χ1n) is 13.5. The van der Waals surface area contributed by atoms with Crippen molar-refractivity contribution in [1.29, 1.82) is 0 Å². The van der Waals surface area contributed by atoms with Gasteiger partial charge in [0, 0.05) is 25.5 Å². The van der Waals surface area contributed by atoms with E-state index in [1.165, 1.54) is 25.7 Å². The van der Waals surface area contributed by atoms with Gasteiger partial charge >= 0.3 is 5.69 Å². The minimum Gasteiger partial charge on any atom is -0.492 e. The Kier molecular flexibility index (Phi) is 7.14. The Bertz CT molecular complexity index is 1440. The van der Waals surface area contributed by atoms with Crippen LogP contribution in [0.15, 0.2) is 108 Å². The number of likely N-dealkylation sites (tertiary alicyclic amines) is 1. The minimum atomic E-state index is -0.129. The molecule has 1 aliphatic heterocycles. The third-order valence-corrected chi connectivity index (χ3v) is 7.55. The number of rotatable bonds is 8. The Morgan fingerprint density at radius 3 is 2.13 bits per heavy atom. The lowest BCUT2D eigenvalue weighted by molar-refractivity contribution is 0.182. The number of ether oxygens (including phenoxy) is 2. The predicted octanol–water partition coefficient (Wildman–Crippen LogP) is 6.23. The van der Waals surface area contributed by atoms with Crippen molar-refractivity contribution in [1.82, 2.24) is 14.0 Å². The second kappa shape index (κ2) is 11.2. The van der Waals surface area contributed by atoms with Crippen LogP contribution in [0.5, 0.6) is 17.2 Å². The van der Waals surface area contributed by atoms with Crippen LogP contribution < -0.4 is 15.2 Å². The number of hydrogen-bond donors (Lipinski definition) is 0. The molecule has 38 heavy (non-hydrogen) atoms. The summed E-state index contributed by atoms with van der Waals surface area (Å²) in [4.78, 5) is 15.6. The zero-order valence-corrected chi connectivity index (χ0v) is 21.5. The van der Waals surface area contributed by atoms with Gasteiger partial charge in [-0.2, -0.15) is 0 Å². The maximum atomic E-state index is 13.1. The molecule has 6 nitrogen and oxygen atoms in total. The number of aromatic nitrogens is 2. The van der Waals surface area contributed by atoms with Gasteiger partial charge in [0.25, 0.3) is 0 Å². The lowest BCUT2D eigenvalue weighted by atomic mass is 9.82. The molecule has 3 aromatic carbocycles. The van der Waals surface area contributed by atoms with Crippen LogP contribution in [0, 0.1) is 5.92 Å². The Morgan fingerprint density at radius 1 is 0.763 bits per heavy atom. The lowest BCUT2D eigenvalue weighted by Crippen LogP contribution is -2.38. The van der Waals surface area contributed by atoms with Gasteiger partial charge in [-0.1, -0.05) is 29.8 Å². The van der Waals surface area contributed by atoms with Crippen molar-refractivity contribution in [2.75, 3.05) is 26.2 Å². The summed E-state index contributed by atoms with van der Waals surface area (Å²) in [6.07, 6.45) is 11.3. The molecule has 1 atom stereocenters. The van der Waals surface area contributed by atoms with E-state index < -0.39 is 0 Å². The summed E-state index contributed by atoms with van der Waals surface area (Å²) in [5.41, 5.74) is 3.09. The highest BCUT2D eigenvalue weighted by Gasteiger charge is 2.25. The van der Waals surface area contributed by atoms with Crippen molar-refractivity contribution in [3.8, 4) is 28.6 Å². The van der Waals surface area contributed by atoms with Gasteiger partial charge in [0.15, 0.2) is 0 Å². The van der Waals surface area contributed by atoms with Gasteiger partial charge < -0.3 is 9.47 Å². The maximum Gasteiger partial charge on any atom is 0.337 e. The number of imidazole rings is 1. The van der Waals surface area contributed by atoms with Crippen molar-refractivity contribution in [2.45, 2.75) is 25.7 Å². The van der Waals surface area contributed by atoms with Crippen LogP contribution in [0.25, 0.3) is 11.4 Å². The average molecular weight is 508 g/mol. The molecule has 1 aliphatic carbocycles. The number of benzene rings is 3. The number of hydrogen-bond acceptors (Lipinski definition) is 4. The second-order valence-electron chi connectivity index (χ2n) is 10.0. The molecule has 6 heteroatoms. The van der Waals surface area contributed by atoms with Crippen molar-refractivity contribution in [3.05, 3.63) is 113 Å². The van der Waals surface area contributed by atoms with Crippen LogP contribution in [0.3, 0.4) is 0 Å². The largest absolute Gasteiger partial charge is 0.492 e. The normalized spacial score (nSPS) is 17.5. The first kappa shape index (κ1) is 24.3. The smallest absolute Gasteiger partial charge is 0.337 e. The molecule has 1 fully saturated rings. The fraction of sp³-hybridized carbons (Fsp3) is 0.281. The molecular weight excluding hydrogens is 474 g/mol. The van der Waals surface area contributed by atoms with Gasteiger partial charge in [-0.05, 0) is 98.8 Å². The monoisotopic (exact) mass is 507 g/mol. The first-order chi connectivity index (χ1) is 18.7. The summed E-state index contributed by atoms with van der Waals surface area (Å²) in [6.45, 7) is 3.85. The Labute approximate surface area is 223 Å². The Hall–Kier alpha value is -4.03. The van der Waals surface area contributed by atoms with E-state index in [0.29, 0.717) is 6.61 Å². The molecule has 2 heterocycles. The summed E-state index contributed by atoms with van der Waals surface area (Å²) in [6, 6.07) is 24.9. The van der Waals surface area contributed by atoms with Crippen LogP contribution >= 0.6 is 0 Å². The van der Waals surface area contributed by atoms with Crippen molar-refractivity contribution >= 4 is 0 Å². The van der Waals surface area contributed by atoms with Crippen molar-refractivity contribution in [3.63, 3.8) is 0 Å². The molecule has 1 aromatic heterocycles. The fourth-order valence-electron chi connectivity index (χ4n) is 5.46. The quantitative estimate of drug-likeness (QED) is 0.265. The van der Waals surface area contributed by atoms with E-state index in [-0.39, 0.29) is 5.69 Å². The molecule has 4 aromatic rings. The Morgan fingerprint density at radius 2 is 1.42 bits per heavy atom. The SMILES string of the molecule is O=c1n(-c2ccc(OCCN3CC[C@H]4CCCC=C4C3)cc2)ccn1-c1ccc(Oc2ccccc2)cc1. The van der Waals surface area contributed by atoms with Gasteiger partial charge in [0.1, 0.15) is 23.9 Å². The van der Waals surface area contributed by atoms with Gasteiger partial charge in [0.2, 0.25) is 0 Å². The maximum absolute atomic E-state index is 13.1. The highest BCUT2D eigenvalue weighted by atomic mass is 16.5. The highest BCUT2D eigenvalue weighted by molar-refractivity contribution is 5.41. The zero-order valence-electron chi connectivity index (χ0n) is 21.5. The predicted molar refractivity (Wildman–Crippen MR) is 150 cm³/mol. The van der Waals surface area contributed by atoms with Crippen LogP contribution in [0.1, 0.15) is 25.7 Å². The molecule has 1 saturated heterocycles. The van der Waals surface area contributed by atoms with Crippen molar-refractivity contribution < 1.29 is 9.47 Å². The summed E-state index contributed by atoms with van der Waals surface area (Å²) in [5.74, 6) is 3.14. The van der Waals surface area contributed by atoms with E-state index in [2.05, 4.69) is 11.0 Å². The molecular formula is C32H33N3O3. The standard InChI is InChI=1S/C32H33N3O3/c36-32-34(20-21-35(32)28-12-16-31(17-13-28)38-30-8-2-1-3-9-30)27-10-14-29(15-11-27)37-23-22-33-19-18-25-6-4-5-7-26(25)24-33/h1-3,7-17,20-21,25H,4-6,18-19,22-24H2/t25-/m1/s1. The molecule has 0 unspecified atom stereocenters. The second-order valence-corrected chi connectivity index (χ2v) is 10.0. The topological polar surface area (TPSA) is 48.6 Å². The first-order valence-corrected chi connectivity index (χ1v) is 13.5. The fourth-order valence-corrected chi connectivity index (χ4v) is 5.46. The molecule has 0 N–H and O–H groups in total. The molecule has 0 saturated carbocycles. The molecule has 0 radical (unpaired) electrons. The number of fused-ring (bicyclic) bond motifs is 1. The van der Waals surface area contributed by atoms with Crippen LogP contribution in [0.4, 0.5) is 0 Å². The number of para-hydroxylation sites is 1. The van der Waals surface area contributed by atoms with Gasteiger partial charge in [-0.3, -0.25) is 14.0 Å². The van der Waals surface area contributed by atoms with Crippen LogP contribution in [0.2, 0.25) is 0 Å². The summed E-state index contributed by atoms with van der Waals surface area (Å²) in [7, 11) is 0. The van der Waals surface area contributed by atoms with E-state index in [4.69, 9.17) is 9.47 Å². The number of piperidine rings is 1. The third-order valence-electron chi connectivity index (χ3n) is 7.55. The molecule has 0 bridgehead atoms. The highest BCUT2D eigenvalue weighted by Crippen LogP contribution is 2.31. The van der Waals surface area contributed by atoms with Crippen LogP contribution in [-0.2, 0) is 0 Å². The van der Waals surface area contributed by atoms with E-state index in [9.17, 15) is 4.79 Å². The average Bonchev–Trinajstić information content (AvgIpc) is 3.35. The van der Waals surface area contributed by atoms with E-state index >= 15 is 0 Å². The van der Waals surface area contributed by atoms with Gasteiger partial charge in [0.05, 0.1) is 11.4 Å². The minimum absolute atomic E-state index is 0.129. The molecule has 194 valence electrons. The van der Waals surface area contributed by atoms with Crippen molar-refractivity contribution in [2.24, 2.45) is 5.92 Å². The zero-order chi connectivity index (χ0) is 25.7. The van der Waals surface area contributed by atoms with E-state index in [1.807, 2.05) is 78.9 Å². The van der Waals surface area contributed by atoms with E-state index in [1.54, 1.807) is 27.1 Å². The lowest BCUT2D eigenvalue weighted by Gasteiger charge is -2.36. The van der Waals surface area contributed by atoms with Gasteiger partial charge in [-0.25, -0.2) is 4.79 Å². The number of allylic oxidation sites excluding steroid dienone is 1. The molecule has 0 spiro atoms. The Balaban J connectivity index is 1.05. The number of nitrogens with zero attached hydrogens (tertiary/aromatic N) is 3. The third kappa shape index (κ3) is 5.46. The van der Waals surface area contributed by atoms with Gasteiger partial charge in [-0.15, -0.1) is 0 Å². The molecule has 6 rings (SSSR count). The summed E-state index contributed by atoms with van der Waals surface area (Å²) >= 11 is 0. The summed E-state index contributed by atoms with van der Waals surface area (Å²) < 4.78 is 15.2. The van der Waals surface area contributed by atoms with Crippen LogP contribution in [-0.4, -0.2) is 40.3 Å². The van der Waals surface area contributed by atoms with E-state index in [0.717, 1.165) is 54.2 Å². The molecule has 0 amide bonds.